The van der Waals surface area contributed by atoms with Crippen LogP contribution in [-0.2, 0) is 4.79 Å². The smallest absolute Gasteiger partial charge is 0.241 e. The van der Waals surface area contributed by atoms with Crippen molar-refractivity contribution in [3.8, 4) is 23.0 Å². The third kappa shape index (κ3) is 3.80. The molecule has 0 saturated carbocycles. The molecule has 182 valence electrons. The van der Waals surface area contributed by atoms with Crippen LogP contribution in [-0.4, -0.2) is 49.0 Å². The van der Waals surface area contributed by atoms with Crippen molar-refractivity contribution in [1.29, 1.82) is 0 Å². The maximum atomic E-state index is 13.7. The Morgan fingerprint density at radius 3 is 2.43 bits per heavy atom. The third-order valence-electron chi connectivity index (χ3n) is 6.55. The molecule has 0 amide bonds. The highest BCUT2D eigenvalue weighted by Crippen LogP contribution is 2.47. The highest BCUT2D eigenvalue weighted by Gasteiger charge is 2.41. The minimum atomic E-state index is -0.536. The van der Waals surface area contributed by atoms with Gasteiger partial charge in [-0.2, -0.15) is 4.98 Å². The number of methoxy groups -OCH3 is 4. The highest BCUT2D eigenvalue weighted by molar-refractivity contribution is 6.00. The van der Waals surface area contributed by atoms with Crippen molar-refractivity contribution in [2.75, 3.05) is 39.5 Å². The highest BCUT2D eigenvalue weighted by atomic mass is 16.5. The van der Waals surface area contributed by atoms with Gasteiger partial charge in [-0.05, 0) is 42.2 Å². The lowest BCUT2D eigenvalue weighted by Crippen LogP contribution is -2.33. The van der Waals surface area contributed by atoms with Crippen molar-refractivity contribution >= 4 is 17.7 Å². The zero-order chi connectivity index (χ0) is 24.7. The Morgan fingerprint density at radius 1 is 0.943 bits per heavy atom. The van der Waals surface area contributed by atoms with E-state index in [1.807, 2.05) is 30.3 Å². The number of benzene rings is 2. The SMILES string of the molecule is COc1ccc(C2C3=C(CC(c4ccc(OC)c(OC)c4)CC3=O)Nc3nc(N)nn32)c(OC)c1. The second kappa shape index (κ2) is 8.86. The molecule has 0 saturated heterocycles. The summed E-state index contributed by atoms with van der Waals surface area (Å²) in [5.74, 6) is 3.07. The van der Waals surface area contributed by atoms with E-state index in [0.29, 0.717) is 47.4 Å². The topological polar surface area (TPSA) is 123 Å². The van der Waals surface area contributed by atoms with Gasteiger partial charge in [-0.15, -0.1) is 5.10 Å². The Kier molecular flexibility index (Phi) is 5.72. The lowest BCUT2D eigenvalue weighted by molar-refractivity contribution is -0.116. The molecule has 2 unspecified atom stereocenters. The molecule has 2 heterocycles. The van der Waals surface area contributed by atoms with Gasteiger partial charge in [-0.3, -0.25) is 4.79 Å². The maximum absolute atomic E-state index is 13.7. The van der Waals surface area contributed by atoms with Gasteiger partial charge < -0.3 is 30.0 Å². The number of fused-ring (bicyclic) bond motifs is 1. The molecule has 0 radical (unpaired) electrons. The number of carbonyl (C=O) groups excluding carboxylic acids is 1. The fourth-order valence-electron chi connectivity index (χ4n) is 4.90. The largest absolute Gasteiger partial charge is 0.497 e. The summed E-state index contributed by atoms with van der Waals surface area (Å²) in [5, 5.41) is 7.70. The van der Waals surface area contributed by atoms with Gasteiger partial charge in [0, 0.05) is 29.3 Å². The number of rotatable bonds is 6. The monoisotopic (exact) mass is 477 g/mol. The van der Waals surface area contributed by atoms with E-state index in [1.165, 1.54) is 0 Å². The quantitative estimate of drug-likeness (QED) is 0.550. The number of nitrogens with zero attached hydrogens (tertiary/aromatic N) is 3. The van der Waals surface area contributed by atoms with E-state index in [9.17, 15) is 4.79 Å². The van der Waals surface area contributed by atoms with E-state index in [0.717, 1.165) is 16.8 Å². The third-order valence-corrected chi connectivity index (χ3v) is 6.55. The van der Waals surface area contributed by atoms with Gasteiger partial charge in [0.05, 0.1) is 28.4 Å². The number of carbonyl (C=O) groups is 1. The van der Waals surface area contributed by atoms with E-state index in [1.54, 1.807) is 39.2 Å². The summed E-state index contributed by atoms with van der Waals surface area (Å²) in [6, 6.07) is 10.7. The van der Waals surface area contributed by atoms with Crippen LogP contribution in [0.2, 0.25) is 0 Å². The Hall–Kier alpha value is -4.21. The van der Waals surface area contributed by atoms with Crippen molar-refractivity contribution in [2.24, 2.45) is 0 Å². The van der Waals surface area contributed by atoms with Gasteiger partial charge >= 0.3 is 0 Å². The van der Waals surface area contributed by atoms with E-state index in [4.69, 9.17) is 24.7 Å². The fourth-order valence-corrected chi connectivity index (χ4v) is 4.90. The fraction of sp³-hybridized carbons (Fsp3) is 0.320. The number of Topliss-reactive ketones (excluding diaryl/α,β-unsaturated/α-hetero) is 1. The number of nitrogen functional groups attached to an aromatic ring is 1. The van der Waals surface area contributed by atoms with Crippen molar-refractivity contribution in [3.05, 3.63) is 58.8 Å². The number of aromatic nitrogens is 3. The first-order valence-electron chi connectivity index (χ1n) is 11.2. The number of ether oxygens (including phenoxy) is 4. The predicted octanol–water partition coefficient (Wildman–Crippen LogP) is 3.31. The van der Waals surface area contributed by atoms with Crippen LogP contribution in [0.25, 0.3) is 0 Å². The van der Waals surface area contributed by atoms with Crippen LogP contribution in [0, 0.1) is 0 Å². The summed E-state index contributed by atoms with van der Waals surface area (Å²) in [4.78, 5) is 18.1. The average molecular weight is 478 g/mol. The van der Waals surface area contributed by atoms with E-state index >= 15 is 0 Å². The molecule has 0 bridgehead atoms. The zero-order valence-corrected chi connectivity index (χ0v) is 20.0. The normalized spacial score (nSPS) is 18.9. The number of hydrogen-bond donors (Lipinski definition) is 2. The summed E-state index contributed by atoms with van der Waals surface area (Å²) >= 11 is 0. The zero-order valence-electron chi connectivity index (χ0n) is 20.0. The molecule has 0 spiro atoms. The minimum Gasteiger partial charge on any atom is -0.497 e. The lowest BCUT2D eigenvalue weighted by Gasteiger charge is -2.35. The molecule has 10 nitrogen and oxygen atoms in total. The summed E-state index contributed by atoms with van der Waals surface area (Å²) in [6.07, 6.45) is 0.947. The molecule has 3 aromatic rings. The van der Waals surface area contributed by atoms with Crippen molar-refractivity contribution in [3.63, 3.8) is 0 Å². The van der Waals surface area contributed by atoms with Gasteiger partial charge in [0.2, 0.25) is 11.9 Å². The number of ketones is 1. The first-order chi connectivity index (χ1) is 17.0. The number of anilines is 2. The molecule has 1 aliphatic heterocycles. The molecule has 1 aliphatic carbocycles. The van der Waals surface area contributed by atoms with E-state index < -0.39 is 6.04 Å². The van der Waals surface area contributed by atoms with Crippen molar-refractivity contribution in [2.45, 2.75) is 24.8 Å². The molecule has 2 atom stereocenters. The Bertz CT molecular complexity index is 1330. The lowest BCUT2D eigenvalue weighted by atomic mass is 9.77. The summed E-state index contributed by atoms with van der Waals surface area (Å²) in [6.45, 7) is 0. The van der Waals surface area contributed by atoms with Gasteiger partial charge in [0.15, 0.2) is 17.3 Å². The predicted molar refractivity (Wildman–Crippen MR) is 129 cm³/mol. The Balaban J connectivity index is 1.60. The average Bonchev–Trinajstić information content (AvgIpc) is 3.25. The standard InChI is InChI=1S/C25H27N5O5/c1-32-15-6-7-16(20(12-15)34-3)23-22-17(27-25-28-24(26)29-30(23)25)9-14(10-18(22)31)13-5-8-19(33-2)21(11-13)35-4/h5-8,11-12,14,23H,9-10H2,1-4H3,(H3,26,27,28,29). The second-order valence-corrected chi connectivity index (χ2v) is 8.41. The molecular formula is C25H27N5O5. The van der Waals surface area contributed by atoms with Crippen LogP contribution in [0.5, 0.6) is 23.0 Å². The van der Waals surface area contributed by atoms with E-state index in [-0.39, 0.29) is 17.6 Å². The van der Waals surface area contributed by atoms with Crippen LogP contribution >= 0.6 is 0 Å². The molecule has 5 rings (SSSR count). The first-order valence-corrected chi connectivity index (χ1v) is 11.2. The Labute approximate surface area is 202 Å². The number of allylic oxidation sites excluding steroid dienone is 2. The van der Waals surface area contributed by atoms with Crippen LogP contribution < -0.4 is 30.0 Å². The van der Waals surface area contributed by atoms with Crippen molar-refractivity contribution < 1.29 is 23.7 Å². The van der Waals surface area contributed by atoms with Gasteiger partial charge in [0.1, 0.15) is 17.5 Å². The number of nitrogens with two attached hydrogens (primary N) is 1. The number of hydrogen-bond acceptors (Lipinski definition) is 9. The van der Waals surface area contributed by atoms with Crippen LogP contribution in [0.3, 0.4) is 0 Å². The summed E-state index contributed by atoms with van der Waals surface area (Å²) in [5.41, 5.74) is 9.14. The molecule has 2 aromatic carbocycles. The summed E-state index contributed by atoms with van der Waals surface area (Å²) < 4.78 is 23.5. The molecule has 0 fully saturated rings. The van der Waals surface area contributed by atoms with Crippen LogP contribution in [0.4, 0.5) is 11.9 Å². The summed E-state index contributed by atoms with van der Waals surface area (Å²) in [7, 11) is 6.37. The first kappa shape index (κ1) is 22.6. The number of nitrogens with one attached hydrogen (secondary N) is 1. The van der Waals surface area contributed by atoms with Gasteiger partial charge in [-0.1, -0.05) is 6.07 Å². The maximum Gasteiger partial charge on any atom is 0.241 e. The van der Waals surface area contributed by atoms with Gasteiger partial charge in [0.25, 0.3) is 0 Å². The molecular weight excluding hydrogens is 450 g/mol. The molecule has 3 N–H and O–H groups in total. The molecule has 35 heavy (non-hydrogen) atoms. The van der Waals surface area contributed by atoms with Gasteiger partial charge in [-0.25, -0.2) is 4.68 Å². The van der Waals surface area contributed by atoms with Crippen LogP contribution in [0.15, 0.2) is 47.7 Å². The van der Waals surface area contributed by atoms with Crippen molar-refractivity contribution in [1.82, 2.24) is 14.8 Å². The van der Waals surface area contributed by atoms with Crippen LogP contribution in [0.1, 0.15) is 35.9 Å². The molecule has 1 aromatic heterocycles. The minimum absolute atomic E-state index is 0.0149. The Morgan fingerprint density at radius 2 is 1.71 bits per heavy atom. The molecule has 10 heteroatoms. The molecule has 2 aliphatic rings. The van der Waals surface area contributed by atoms with E-state index in [2.05, 4.69) is 15.4 Å². The second-order valence-electron chi connectivity index (χ2n) is 8.41.